The van der Waals surface area contributed by atoms with Gasteiger partial charge in [-0.15, -0.1) is 49.6 Å². The van der Waals surface area contributed by atoms with Crippen LogP contribution in [0, 0.1) is 0 Å². The van der Waals surface area contributed by atoms with Gasteiger partial charge in [0.15, 0.2) is 0 Å². The van der Waals surface area contributed by atoms with E-state index in [0.717, 1.165) is 0 Å². The zero-order chi connectivity index (χ0) is 6.57. The maximum atomic E-state index is 5.40. The Kier molecular flexibility index (Phi) is 43.7. The van der Waals surface area contributed by atoms with Crippen LogP contribution in [-0.2, 0) is 0 Å². The molecule has 12 heavy (non-hydrogen) atoms. The molecule has 0 spiro atoms. The van der Waals surface area contributed by atoms with E-state index < -0.39 is 0 Å². The van der Waals surface area contributed by atoms with Gasteiger partial charge in [0.25, 0.3) is 0 Å². The number of hydrogen-bond donors (Lipinski definition) is 4. The van der Waals surface area contributed by atoms with Crippen LogP contribution in [-0.4, -0.2) is 25.2 Å². The van der Waals surface area contributed by atoms with Crippen molar-refractivity contribution < 1.29 is 0 Å². The van der Waals surface area contributed by atoms with Crippen molar-refractivity contribution in [2.24, 2.45) is 22.9 Å². The fourth-order valence-corrected chi connectivity index (χ4v) is 0.350. The summed E-state index contributed by atoms with van der Waals surface area (Å²) in [4.78, 5) is 0. The van der Waals surface area contributed by atoms with Crippen LogP contribution in [0.25, 0.3) is 0 Å². The van der Waals surface area contributed by atoms with Gasteiger partial charge in [-0.3, -0.25) is 0 Å². The standard InChI is InChI=1S/C4H14N4.4ClH/c5-1-3(7)4(8)2-6;;;;/h3-4H,1-2,5-8H2;4*1H. The Morgan fingerprint density at radius 3 is 0.917 bits per heavy atom. The molecule has 0 heterocycles. The highest BCUT2D eigenvalue weighted by molar-refractivity contribution is 5.86. The second-order valence-corrected chi connectivity index (χ2v) is 1.80. The van der Waals surface area contributed by atoms with Gasteiger partial charge in [-0.1, -0.05) is 0 Å². The lowest BCUT2D eigenvalue weighted by atomic mass is 10.1. The Morgan fingerprint density at radius 2 is 0.833 bits per heavy atom. The van der Waals surface area contributed by atoms with E-state index in [0.29, 0.717) is 13.1 Å². The fraction of sp³-hybridized carbons (Fsp3) is 1.00. The van der Waals surface area contributed by atoms with Gasteiger partial charge in [0.2, 0.25) is 0 Å². The zero-order valence-electron chi connectivity index (χ0n) is 6.51. The van der Waals surface area contributed by atoms with E-state index in [1.165, 1.54) is 0 Å². The second-order valence-electron chi connectivity index (χ2n) is 1.80. The SMILES string of the molecule is Cl.Cl.Cl.Cl.NCC(N)C(N)CN. The van der Waals surface area contributed by atoms with Crippen molar-refractivity contribution >= 4 is 49.6 Å². The van der Waals surface area contributed by atoms with Gasteiger partial charge in [0, 0.05) is 25.2 Å². The molecule has 0 radical (unpaired) electrons. The summed E-state index contributed by atoms with van der Waals surface area (Å²) in [7, 11) is 0. The van der Waals surface area contributed by atoms with Crippen LogP contribution >= 0.6 is 49.6 Å². The summed E-state index contributed by atoms with van der Waals surface area (Å²) in [6.45, 7) is 0.802. The van der Waals surface area contributed by atoms with E-state index in [1.807, 2.05) is 0 Å². The molecule has 0 aliphatic rings. The highest BCUT2D eigenvalue weighted by Crippen LogP contribution is 1.77. The van der Waals surface area contributed by atoms with Crippen molar-refractivity contribution in [2.75, 3.05) is 13.1 Å². The molecule has 0 aromatic heterocycles. The van der Waals surface area contributed by atoms with Crippen LogP contribution in [0.15, 0.2) is 0 Å². The molecule has 8 heteroatoms. The number of nitrogens with two attached hydrogens (primary N) is 4. The lowest BCUT2D eigenvalue weighted by Gasteiger charge is -2.14. The number of halogens is 4. The molecule has 0 aromatic rings. The van der Waals surface area contributed by atoms with Crippen LogP contribution in [0.4, 0.5) is 0 Å². The molecule has 0 aliphatic heterocycles. The van der Waals surface area contributed by atoms with Crippen molar-refractivity contribution in [1.29, 1.82) is 0 Å². The minimum atomic E-state index is -0.153. The van der Waals surface area contributed by atoms with Gasteiger partial charge in [0.05, 0.1) is 0 Å². The third kappa shape index (κ3) is 13.6. The van der Waals surface area contributed by atoms with Gasteiger partial charge in [-0.05, 0) is 0 Å². The summed E-state index contributed by atoms with van der Waals surface area (Å²) < 4.78 is 0. The van der Waals surface area contributed by atoms with Crippen molar-refractivity contribution in [2.45, 2.75) is 12.1 Å². The molecular formula is C4H18Cl4N4. The average Bonchev–Trinajstić information content (AvgIpc) is 1.84. The molecule has 2 atom stereocenters. The predicted molar refractivity (Wildman–Crippen MR) is 63.1 cm³/mol. The lowest BCUT2D eigenvalue weighted by molar-refractivity contribution is 0.540. The monoisotopic (exact) mass is 262 g/mol. The third-order valence-corrected chi connectivity index (χ3v) is 1.09. The molecule has 0 fully saturated rings. The Morgan fingerprint density at radius 1 is 0.667 bits per heavy atom. The van der Waals surface area contributed by atoms with Gasteiger partial charge >= 0.3 is 0 Å². The minimum absolute atomic E-state index is 0. The molecular weight excluding hydrogens is 246 g/mol. The summed E-state index contributed by atoms with van der Waals surface area (Å²) in [5, 5.41) is 0. The first-order valence-electron chi connectivity index (χ1n) is 2.63. The lowest BCUT2D eigenvalue weighted by Crippen LogP contribution is -2.50. The van der Waals surface area contributed by atoms with Gasteiger partial charge in [-0.2, -0.15) is 0 Å². The van der Waals surface area contributed by atoms with Gasteiger partial charge in [0.1, 0.15) is 0 Å². The Hall–Kier alpha value is 1.000. The normalized spacial score (nSPS) is 12.0. The van der Waals surface area contributed by atoms with Crippen molar-refractivity contribution in [3.63, 3.8) is 0 Å². The first-order valence-corrected chi connectivity index (χ1v) is 2.63. The second kappa shape index (κ2) is 17.9. The molecule has 4 nitrogen and oxygen atoms in total. The van der Waals surface area contributed by atoms with E-state index in [-0.39, 0.29) is 61.7 Å². The van der Waals surface area contributed by atoms with Crippen LogP contribution in [0.5, 0.6) is 0 Å². The first-order chi connectivity index (χ1) is 3.72. The van der Waals surface area contributed by atoms with Crippen molar-refractivity contribution in [1.82, 2.24) is 0 Å². The Bertz CT molecular complexity index is 59.0. The van der Waals surface area contributed by atoms with E-state index in [2.05, 4.69) is 0 Å². The van der Waals surface area contributed by atoms with E-state index in [4.69, 9.17) is 22.9 Å². The maximum Gasteiger partial charge on any atom is 0.0329 e. The number of hydrogen-bond acceptors (Lipinski definition) is 4. The van der Waals surface area contributed by atoms with Gasteiger partial charge < -0.3 is 22.9 Å². The summed E-state index contributed by atoms with van der Waals surface area (Å²) in [6, 6.07) is -0.306. The summed E-state index contributed by atoms with van der Waals surface area (Å²) in [5.74, 6) is 0. The molecule has 0 aromatic carbocycles. The van der Waals surface area contributed by atoms with Crippen LogP contribution in [0.1, 0.15) is 0 Å². The topological polar surface area (TPSA) is 104 Å². The van der Waals surface area contributed by atoms with Crippen LogP contribution in [0.3, 0.4) is 0 Å². The van der Waals surface area contributed by atoms with E-state index in [9.17, 15) is 0 Å². The van der Waals surface area contributed by atoms with Gasteiger partial charge in [-0.25, -0.2) is 0 Å². The number of rotatable bonds is 3. The summed E-state index contributed by atoms with van der Waals surface area (Å²) >= 11 is 0. The minimum Gasteiger partial charge on any atom is -0.329 e. The van der Waals surface area contributed by atoms with E-state index in [1.54, 1.807) is 0 Å². The van der Waals surface area contributed by atoms with Crippen LogP contribution in [0.2, 0.25) is 0 Å². The predicted octanol–water partition coefficient (Wildman–Crippen LogP) is -0.754. The Labute approximate surface area is 97.8 Å². The van der Waals surface area contributed by atoms with Crippen molar-refractivity contribution in [3.8, 4) is 0 Å². The molecule has 0 saturated heterocycles. The summed E-state index contributed by atoms with van der Waals surface area (Å²) in [5.41, 5.74) is 21.2. The smallest absolute Gasteiger partial charge is 0.0329 e. The van der Waals surface area contributed by atoms with E-state index >= 15 is 0 Å². The molecule has 8 N–H and O–H groups in total. The molecule has 82 valence electrons. The molecule has 2 unspecified atom stereocenters. The largest absolute Gasteiger partial charge is 0.329 e. The third-order valence-electron chi connectivity index (χ3n) is 1.09. The van der Waals surface area contributed by atoms with Crippen LogP contribution < -0.4 is 22.9 Å². The highest BCUT2D eigenvalue weighted by atomic mass is 35.5. The maximum absolute atomic E-state index is 5.40. The highest BCUT2D eigenvalue weighted by Gasteiger charge is 2.07. The first kappa shape index (κ1) is 29.2. The zero-order valence-corrected chi connectivity index (χ0v) is 9.78. The molecule has 0 aliphatic carbocycles. The quantitative estimate of drug-likeness (QED) is 0.538. The average molecular weight is 264 g/mol. The molecule has 0 amide bonds. The summed E-state index contributed by atoms with van der Waals surface area (Å²) in [6.07, 6.45) is 0. The Balaban J connectivity index is -0.0000000408. The molecule has 0 rings (SSSR count). The molecule has 0 saturated carbocycles. The van der Waals surface area contributed by atoms with Crippen molar-refractivity contribution in [3.05, 3.63) is 0 Å². The fourth-order valence-electron chi connectivity index (χ4n) is 0.350. The molecule has 0 bridgehead atoms.